The molecule has 2 aromatic carbocycles. The minimum Gasteiger partial charge on any atom is -0.497 e. The summed E-state index contributed by atoms with van der Waals surface area (Å²) in [5, 5.41) is 0.790. The van der Waals surface area contributed by atoms with Crippen LogP contribution in [0.4, 0.5) is 0 Å². The number of thiophene rings is 1. The third-order valence-electron chi connectivity index (χ3n) is 5.52. The van der Waals surface area contributed by atoms with Gasteiger partial charge in [0.15, 0.2) is 0 Å². The van der Waals surface area contributed by atoms with Gasteiger partial charge in [0.25, 0.3) is 5.56 Å². The lowest BCUT2D eigenvalue weighted by atomic mass is 9.97. The lowest BCUT2D eigenvalue weighted by Crippen LogP contribution is -2.11. The third-order valence-corrected chi connectivity index (χ3v) is 6.70. The average Bonchev–Trinajstić information content (AvgIpc) is 3.17. The first-order chi connectivity index (χ1) is 14.7. The molecule has 0 aliphatic heterocycles. The summed E-state index contributed by atoms with van der Waals surface area (Å²) in [5.41, 5.74) is 3.12. The summed E-state index contributed by atoms with van der Waals surface area (Å²) in [4.78, 5) is 22.7. The second kappa shape index (κ2) is 7.95. The van der Waals surface area contributed by atoms with Crippen LogP contribution in [-0.4, -0.2) is 17.1 Å². The Balaban J connectivity index is 1.36. The zero-order valence-corrected chi connectivity index (χ0v) is 17.6. The van der Waals surface area contributed by atoms with E-state index in [-0.39, 0.29) is 5.56 Å². The lowest BCUT2D eigenvalue weighted by Gasteiger charge is -2.09. The fourth-order valence-corrected chi connectivity index (χ4v) is 5.16. The van der Waals surface area contributed by atoms with Crippen molar-refractivity contribution in [2.75, 3.05) is 7.11 Å². The number of aryl methyl sites for hydroxylation is 2. The molecule has 2 aromatic heterocycles. The Morgan fingerprint density at radius 2 is 1.73 bits per heavy atom. The van der Waals surface area contributed by atoms with Crippen LogP contribution < -0.4 is 15.0 Å². The van der Waals surface area contributed by atoms with E-state index in [0.717, 1.165) is 52.1 Å². The normalized spacial score (nSPS) is 13.2. The SMILES string of the molecule is COc1ccc(COc2ccc(-c3nc4sc5c(c4c(=O)[nH]3)CCCC5)cc2)cc1. The van der Waals surface area contributed by atoms with Gasteiger partial charge in [-0.1, -0.05) is 12.1 Å². The quantitative estimate of drug-likeness (QED) is 0.489. The van der Waals surface area contributed by atoms with E-state index >= 15 is 0 Å². The van der Waals surface area contributed by atoms with Crippen LogP contribution in [0.1, 0.15) is 28.8 Å². The van der Waals surface area contributed by atoms with Gasteiger partial charge in [0, 0.05) is 10.4 Å². The van der Waals surface area contributed by atoms with Crippen LogP contribution in [0.5, 0.6) is 11.5 Å². The van der Waals surface area contributed by atoms with Crippen molar-refractivity contribution in [3.8, 4) is 22.9 Å². The molecular weight excluding hydrogens is 396 g/mol. The Bertz CT molecular complexity index is 1240. The zero-order valence-electron chi connectivity index (χ0n) is 16.7. The summed E-state index contributed by atoms with van der Waals surface area (Å²) in [7, 11) is 1.65. The van der Waals surface area contributed by atoms with Crippen molar-refractivity contribution in [3.63, 3.8) is 0 Å². The molecule has 0 radical (unpaired) electrons. The van der Waals surface area contributed by atoms with Gasteiger partial charge >= 0.3 is 0 Å². The number of fused-ring (bicyclic) bond motifs is 3. The van der Waals surface area contributed by atoms with E-state index < -0.39 is 0 Å². The molecule has 0 saturated carbocycles. The molecular formula is C24H22N2O3S. The fourth-order valence-electron chi connectivity index (χ4n) is 3.90. The molecule has 152 valence electrons. The maximum absolute atomic E-state index is 12.8. The number of aromatic amines is 1. The predicted molar refractivity (Wildman–Crippen MR) is 120 cm³/mol. The van der Waals surface area contributed by atoms with Gasteiger partial charge in [-0.3, -0.25) is 4.79 Å². The van der Waals surface area contributed by atoms with Crippen molar-refractivity contribution in [1.29, 1.82) is 0 Å². The molecule has 5 rings (SSSR count). The van der Waals surface area contributed by atoms with Gasteiger partial charge in [-0.25, -0.2) is 4.98 Å². The van der Waals surface area contributed by atoms with Gasteiger partial charge in [-0.05, 0) is 73.2 Å². The molecule has 0 fully saturated rings. The molecule has 4 aromatic rings. The highest BCUT2D eigenvalue weighted by Gasteiger charge is 2.20. The fraction of sp³-hybridized carbons (Fsp3) is 0.250. The van der Waals surface area contributed by atoms with Crippen molar-refractivity contribution in [3.05, 3.63) is 74.9 Å². The van der Waals surface area contributed by atoms with E-state index in [1.807, 2.05) is 48.5 Å². The highest BCUT2D eigenvalue weighted by molar-refractivity contribution is 7.18. The monoisotopic (exact) mass is 418 g/mol. The molecule has 0 amide bonds. The van der Waals surface area contributed by atoms with Gasteiger partial charge in [0.05, 0.1) is 12.5 Å². The predicted octanol–water partition coefficient (Wildman–Crippen LogP) is 5.12. The van der Waals surface area contributed by atoms with Crippen molar-refractivity contribution < 1.29 is 9.47 Å². The zero-order chi connectivity index (χ0) is 20.5. The Morgan fingerprint density at radius 1 is 1.00 bits per heavy atom. The summed E-state index contributed by atoms with van der Waals surface area (Å²) in [6, 6.07) is 15.5. The van der Waals surface area contributed by atoms with Crippen molar-refractivity contribution in [2.24, 2.45) is 0 Å². The summed E-state index contributed by atoms with van der Waals surface area (Å²) in [5.74, 6) is 2.20. The third kappa shape index (κ3) is 3.59. The Hall–Kier alpha value is -3.12. The lowest BCUT2D eigenvalue weighted by molar-refractivity contribution is 0.306. The molecule has 0 unspecified atom stereocenters. The molecule has 1 N–H and O–H groups in total. The van der Waals surface area contributed by atoms with Gasteiger partial charge in [0.1, 0.15) is 28.8 Å². The molecule has 30 heavy (non-hydrogen) atoms. The molecule has 0 spiro atoms. The number of methoxy groups -OCH3 is 1. The van der Waals surface area contributed by atoms with Gasteiger partial charge in [-0.2, -0.15) is 0 Å². The molecule has 0 saturated heterocycles. The first-order valence-electron chi connectivity index (χ1n) is 10.1. The first-order valence-corrected chi connectivity index (χ1v) is 10.9. The van der Waals surface area contributed by atoms with Gasteiger partial charge in [-0.15, -0.1) is 11.3 Å². The second-order valence-corrected chi connectivity index (χ2v) is 8.55. The Kier molecular flexibility index (Phi) is 5.01. The largest absolute Gasteiger partial charge is 0.497 e. The Morgan fingerprint density at radius 3 is 2.50 bits per heavy atom. The van der Waals surface area contributed by atoms with Crippen LogP contribution in [0.3, 0.4) is 0 Å². The van der Waals surface area contributed by atoms with Crippen molar-refractivity contribution in [1.82, 2.24) is 9.97 Å². The molecule has 0 atom stereocenters. The number of aromatic nitrogens is 2. The molecule has 0 bridgehead atoms. The molecule has 5 nitrogen and oxygen atoms in total. The first kappa shape index (κ1) is 18.9. The standard InChI is InChI=1S/C24H22N2O3S/c1-28-17-10-6-15(7-11-17)14-29-18-12-8-16(9-13-18)22-25-23(27)21-19-4-2-3-5-20(19)30-24(21)26-22/h6-13H,2-5,14H2,1H3,(H,25,26,27). The molecule has 2 heterocycles. The van der Waals surface area contributed by atoms with Gasteiger partial charge in [0.2, 0.25) is 0 Å². The number of rotatable bonds is 5. The minimum atomic E-state index is -0.0331. The molecule has 1 aliphatic rings. The van der Waals surface area contributed by atoms with E-state index in [0.29, 0.717) is 12.4 Å². The van der Waals surface area contributed by atoms with Crippen LogP contribution in [0.2, 0.25) is 0 Å². The van der Waals surface area contributed by atoms with Crippen LogP contribution in [0, 0.1) is 0 Å². The molecule has 1 aliphatic carbocycles. The summed E-state index contributed by atoms with van der Waals surface area (Å²) in [6.07, 6.45) is 4.39. The number of H-pyrrole nitrogens is 1. The van der Waals surface area contributed by atoms with Crippen LogP contribution >= 0.6 is 11.3 Å². The topological polar surface area (TPSA) is 64.2 Å². The number of hydrogen-bond donors (Lipinski definition) is 1. The van der Waals surface area contributed by atoms with Crippen LogP contribution in [-0.2, 0) is 19.4 Å². The van der Waals surface area contributed by atoms with Crippen LogP contribution in [0.15, 0.2) is 53.3 Å². The highest BCUT2D eigenvalue weighted by Crippen LogP contribution is 2.34. The highest BCUT2D eigenvalue weighted by atomic mass is 32.1. The van der Waals surface area contributed by atoms with E-state index in [9.17, 15) is 4.79 Å². The smallest absolute Gasteiger partial charge is 0.260 e. The number of ether oxygens (including phenoxy) is 2. The van der Waals surface area contributed by atoms with E-state index in [2.05, 4.69) is 4.98 Å². The van der Waals surface area contributed by atoms with Gasteiger partial charge < -0.3 is 14.5 Å². The maximum Gasteiger partial charge on any atom is 0.260 e. The summed E-state index contributed by atoms with van der Waals surface area (Å²) < 4.78 is 11.0. The summed E-state index contributed by atoms with van der Waals surface area (Å²) >= 11 is 1.67. The number of nitrogens with zero attached hydrogens (tertiary/aromatic N) is 1. The van der Waals surface area contributed by atoms with E-state index in [4.69, 9.17) is 14.5 Å². The number of nitrogens with one attached hydrogen (secondary N) is 1. The second-order valence-electron chi connectivity index (χ2n) is 7.47. The summed E-state index contributed by atoms with van der Waals surface area (Å²) in [6.45, 7) is 0.477. The van der Waals surface area contributed by atoms with Crippen molar-refractivity contribution >= 4 is 21.6 Å². The van der Waals surface area contributed by atoms with E-state index in [1.54, 1.807) is 18.4 Å². The number of benzene rings is 2. The molecule has 6 heteroatoms. The average molecular weight is 419 g/mol. The maximum atomic E-state index is 12.8. The minimum absolute atomic E-state index is 0.0331. The number of hydrogen-bond acceptors (Lipinski definition) is 5. The van der Waals surface area contributed by atoms with E-state index in [1.165, 1.54) is 16.9 Å². The van der Waals surface area contributed by atoms with Crippen LogP contribution in [0.25, 0.3) is 21.6 Å². The Labute approximate surface area is 178 Å². The van der Waals surface area contributed by atoms with Crippen molar-refractivity contribution in [2.45, 2.75) is 32.3 Å².